The van der Waals surface area contributed by atoms with Gasteiger partial charge in [0.15, 0.2) is 0 Å². The summed E-state index contributed by atoms with van der Waals surface area (Å²) in [5, 5.41) is 4.04. The van der Waals surface area contributed by atoms with E-state index in [0.29, 0.717) is 17.7 Å². The van der Waals surface area contributed by atoms with Crippen LogP contribution >= 0.6 is 0 Å². The monoisotopic (exact) mass is 563 g/mol. The molecule has 1 saturated heterocycles. The lowest BCUT2D eigenvalue weighted by molar-refractivity contribution is -0.153. The third-order valence-corrected chi connectivity index (χ3v) is 6.58. The molecule has 0 bridgehead atoms. The highest BCUT2D eigenvalue weighted by Crippen LogP contribution is 2.41. The molecule has 2 aliphatic heterocycles. The molecule has 4 amide bonds. The van der Waals surface area contributed by atoms with Gasteiger partial charge in [-0.1, -0.05) is 12.1 Å². The Hall–Kier alpha value is -3.97. The van der Waals surface area contributed by atoms with Crippen molar-refractivity contribution in [2.45, 2.75) is 63.4 Å². The molecule has 1 fully saturated rings. The third kappa shape index (κ3) is 5.39. The number of benzene rings is 2. The molecule has 0 spiro atoms. The van der Waals surface area contributed by atoms with Crippen molar-refractivity contribution in [3.8, 4) is 5.75 Å². The van der Waals surface area contributed by atoms with Crippen LogP contribution in [0.1, 0.15) is 59.3 Å². The standard InChI is InChI=1S/C26H23BF5N3O5/c1-13(2)40-16-4-6-18(19(10-16)26(30,31)32)25(28,29)23(39)33-11-14-3-5-17-15(9-14)12-35(21(17)37)24(27)8-7-20(36)34-22(24)38/h3-6,9-10,13H,7-8,11-12H2,1-2H3,(H,33,39)(H,34,36,38)/t24-/m1/s1. The van der Waals surface area contributed by atoms with Crippen molar-refractivity contribution in [2.24, 2.45) is 0 Å². The SMILES string of the molecule is [B][C@@]1(N2Cc3cc(CNC(=O)C(F)(F)c4ccc(OC(C)C)cc4C(F)(F)F)ccc3C2=O)CCC(=O)NC1=O. The predicted octanol–water partition coefficient (Wildman–Crippen LogP) is 3.16. The lowest BCUT2D eigenvalue weighted by atomic mass is 9.70. The summed E-state index contributed by atoms with van der Waals surface area (Å²) in [6.45, 7) is 2.50. The van der Waals surface area contributed by atoms with E-state index in [4.69, 9.17) is 12.6 Å². The Labute approximate surface area is 226 Å². The first-order valence-corrected chi connectivity index (χ1v) is 12.2. The highest BCUT2D eigenvalue weighted by atomic mass is 19.4. The van der Waals surface area contributed by atoms with Crippen LogP contribution in [0.5, 0.6) is 5.75 Å². The molecule has 0 saturated carbocycles. The van der Waals surface area contributed by atoms with Gasteiger partial charge >= 0.3 is 12.1 Å². The topological polar surface area (TPSA) is 105 Å². The zero-order valence-electron chi connectivity index (χ0n) is 21.3. The van der Waals surface area contributed by atoms with Crippen LogP contribution in [0.25, 0.3) is 0 Å². The van der Waals surface area contributed by atoms with Crippen molar-refractivity contribution < 1.29 is 45.9 Å². The number of hydrogen-bond acceptors (Lipinski definition) is 5. The van der Waals surface area contributed by atoms with Crippen LogP contribution in [-0.4, -0.2) is 47.9 Å². The number of hydrogen-bond donors (Lipinski definition) is 2. The molecule has 14 heteroatoms. The fraction of sp³-hybridized carbons (Fsp3) is 0.385. The molecule has 0 aromatic heterocycles. The lowest BCUT2D eigenvalue weighted by Crippen LogP contribution is -2.63. The summed E-state index contributed by atoms with van der Waals surface area (Å²) in [6, 6.07) is 6.02. The number of ether oxygens (including phenoxy) is 1. The summed E-state index contributed by atoms with van der Waals surface area (Å²) in [7, 11) is 6.17. The van der Waals surface area contributed by atoms with Gasteiger partial charge in [-0.2, -0.15) is 22.0 Å². The smallest absolute Gasteiger partial charge is 0.417 e. The zero-order chi connectivity index (χ0) is 29.6. The molecule has 2 aromatic carbocycles. The van der Waals surface area contributed by atoms with E-state index < -0.39 is 64.9 Å². The fourth-order valence-electron chi connectivity index (χ4n) is 4.57. The second kappa shape index (κ2) is 10.2. The highest BCUT2D eigenvalue weighted by Gasteiger charge is 2.49. The van der Waals surface area contributed by atoms with Gasteiger partial charge in [-0.15, -0.1) is 0 Å². The summed E-state index contributed by atoms with van der Waals surface area (Å²) in [5.41, 5.74) is -4.16. The van der Waals surface area contributed by atoms with Gasteiger partial charge in [0.2, 0.25) is 11.8 Å². The van der Waals surface area contributed by atoms with Gasteiger partial charge in [0.05, 0.1) is 17.1 Å². The molecule has 210 valence electrons. The lowest BCUT2D eigenvalue weighted by Gasteiger charge is -2.40. The number of carbonyl (C=O) groups is 4. The van der Waals surface area contributed by atoms with E-state index >= 15 is 0 Å². The number of rotatable bonds is 7. The first-order chi connectivity index (χ1) is 18.5. The summed E-state index contributed by atoms with van der Waals surface area (Å²) < 4.78 is 76.0. The van der Waals surface area contributed by atoms with Gasteiger partial charge in [0.25, 0.3) is 11.8 Å². The minimum Gasteiger partial charge on any atom is -0.491 e. The molecular formula is C26H23BF5N3O5. The number of carbonyl (C=O) groups excluding carboxylic acids is 4. The normalized spacial score (nSPS) is 19.5. The van der Waals surface area contributed by atoms with Gasteiger partial charge in [-0.25, -0.2) is 0 Å². The number of nitrogens with one attached hydrogen (secondary N) is 2. The number of imide groups is 1. The highest BCUT2D eigenvalue weighted by molar-refractivity contribution is 6.32. The number of alkyl halides is 5. The summed E-state index contributed by atoms with van der Waals surface area (Å²) in [6.07, 6.45) is -5.86. The first-order valence-electron chi connectivity index (χ1n) is 12.2. The van der Waals surface area contributed by atoms with Crippen molar-refractivity contribution in [3.05, 3.63) is 64.2 Å². The maximum atomic E-state index is 15.0. The Morgan fingerprint density at radius 1 is 1.10 bits per heavy atom. The van der Waals surface area contributed by atoms with Gasteiger partial charge in [0.1, 0.15) is 13.6 Å². The second-order valence-corrected chi connectivity index (χ2v) is 9.81. The maximum Gasteiger partial charge on any atom is 0.417 e. The van der Waals surface area contributed by atoms with Crippen molar-refractivity contribution in [1.82, 2.24) is 15.5 Å². The van der Waals surface area contributed by atoms with Crippen molar-refractivity contribution in [3.63, 3.8) is 0 Å². The van der Waals surface area contributed by atoms with E-state index in [-0.39, 0.29) is 36.3 Å². The Kier molecular flexibility index (Phi) is 7.41. The average molecular weight is 563 g/mol. The Bertz CT molecular complexity index is 1400. The molecule has 0 aliphatic carbocycles. The van der Waals surface area contributed by atoms with Crippen LogP contribution in [0.2, 0.25) is 0 Å². The minimum atomic E-state index is -5.18. The molecule has 0 unspecified atom stereocenters. The van der Waals surface area contributed by atoms with Gasteiger partial charge in [-0.3, -0.25) is 24.5 Å². The van der Waals surface area contributed by atoms with Crippen LogP contribution in [-0.2, 0) is 39.6 Å². The van der Waals surface area contributed by atoms with Gasteiger partial charge in [0, 0.05) is 30.6 Å². The molecule has 8 nitrogen and oxygen atoms in total. The molecule has 2 heterocycles. The van der Waals surface area contributed by atoms with Gasteiger partial charge < -0.3 is 15.0 Å². The molecule has 2 aromatic rings. The molecule has 1 atom stereocenters. The second-order valence-electron chi connectivity index (χ2n) is 9.81. The quantitative estimate of drug-likeness (QED) is 0.306. The predicted molar refractivity (Wildman–Crippen MR) is 130 cm³/mol. The molecule has 40 heavy (non-hydrogen) atoms. The van der Waals surface area contributed by atoms with Crippen molar-refractivity contribution in [1.29, 1.82) is 0 Å². The van der Waals surface area contributed by atoms with Gasteiger partial charge in [-0.05, 0) is 55.7 Å². The van der Waals surface area contributed by atoms with Crippen LogP contribution in [0.4, 0.5) is 22.0 Å². The molecule has 2 aliphatic rings. The molecule has 2 radical (unpaired) electrons. The molecule has 2 N–H and O–H groups in total. The Morgan fingerprint density at radius 3 is 2.42 bits per heavy atom. The molecular weight excluding hydrogens is 540 g/mol. The minimum absolute atomic E-state index is 0.0720. The van der Waals surface area contributed by atoms with Crippen LogP contribution in [0.15, 0.2) is 36.4 Å². The summed E-state index contributed by atoms with van der Waals surface area (Å²) in [4.78, 5) is 50.3. The third-order valence-electron chi connectivity index (χ3n) is 6.58. The first kappa shape index (κ1) is 29.0. The van der Waals surface area contributed by atoms with E-state index in [1.165, 1.54) is 18.2 Å². The van der Waals surface area contributed by atoms with Crippen molar-refractivity contribution >= 4 is 31.5 Å². The molecule has 4 rings (SSSR count). The Morgan fingerprint density at radius 2 is 1.80 bits per heavy atom. The maximum absolute atomic E-state index is 15.0. The van der Waals surface area contributed by atoms with E-state index in [1.807, 2.05) is 5.32 Å². The number of fused-ring (bicyclic) bond motifs is 1. The van der Waals surface area contributed by atoms with Crippen molar-refractivity contribution in [2.75, 3.05) is 0 Å². The van der Waals surface area contributed by atoms with Crippen LogP contribution in [0.3, 0.4) is 0 Å². The summed E-state index contributed by atoms with van der Waals surface area (Å²) >= 11 is 0. The number of nitrogens with zero attached hydrogens (tertiary/aromatic N) is 1. The van der Waals surface area contributed by atoms with E-state index in [1.54, 1.807) is 13.8 Å². The number of piperidine rings is 1. The average Bonchev–Trinajstić information content (AvgIpc) is 3.20. The summed E-state index contributed by atoms with van der Waals surface area (Å²) in [5.74, 6) is -8.70. The van der Waals surface area contributed by atoms with E-state index in [0.717, 1.165) is 11.0 Å². The fourth-order valence-corrected chi connectivity index (χ4v) is 4.57. The van der Waals surface area contributed by atoms with E-state index in [2.05, 4.69) is 5.32 Å². The number of halogens is 5. The van der Waals surface area contributed by atoms with Crippen LogP contribution < -0.4 is 15.4 Å². The van der Waals surface area contributed by atoms with E-state index in [9.17, 15) is 41.1 Å². The largest absolute Gasteiger partial charge is 0.491 e. The van der Waals surface area contributed by atoms with Crippen LogP contribution in [0, 0.1) is 0 Å². The Balaban J connectivity index is 1.50. The zero-order valence-corrected chi connectivity index (χ0v) is 21.3. The number of amides is 4.